The van der Waals surface area contributed by atoms with Crippen LogP contribution in [0.2, 0.25) is 0 Å². The first-order chi connectivity index (χ1) is 12.5. The number of amides is 2. The topological polar surface area (TPSA) is 96.9 Å². The van der Waals surface area contributed by atoms with Crippen LogP contribution in [0.1, 0.15) is 17.3 Å². The van der Waals surface area contributed by atoms with Crippen molar-refractivity contribution in [1.82, 2.24) is 10.6 Å². The van der Waals surface area contributed by atoms with Gasteiger partial charge in [-0.1, -0.05) is 6.07 Å². The van der Waals surface area contributed by atoms with E-state index < -0.39 is 6.10 Å². The Morgan fingerprint density at radius 3 is 2.42 bits per heavy atom. The molecule has 0 aliphatic heterocycles. The maximum atomic E-state index is 12.0. The van der Waals surface area contributed by atoms with Crippen molar-refractivity contribution in [2.45, 2.75) is 13.0 Å². The zero-order chi connectivity index (χ0) is 18.9. The quantitative estimate of drug-likeness (QED) is 0.624. The number of benzene rings is 2. The minimum atomic E-state index is -0.700. The Labute approximate surface area is 151 Å². The Balaban J connectivity index is 1.72. The SMILES string of the molecule is COc1cccc(C(=O)NCCNC(=O)C(C)Oc2ccc(O)cc2)c1. The Morgan fingerprint density at radius 2 is 1.73 bits per heavy atom. The van der Waals surface area contributed by atoms with E-state index in [-0.39, 0.29) is 30.7 Å². The monoisotopic (exact) mass is 358 g/mol. The second kappa shape index (κ2) is 9.31. The van der Waals surface area contributed by atoms with Crippen molar-refractivity contribution in [3.8, 4) is 17.2 Å². The molecule has 2 rings (SSSR count). The van der Waals surface area contributed by atoms with Crippen molar-refractivity contribution in [2.24, 2.45) is 0 Å². The van der Waals surface area contributed by atoms with E-state index >= 15 is 0 Å². The van der Waals surface area contributed by atoms with Gasteiger partial charge in [-0.05, 0) is 49.4 Å². The number of hydrogen-bond acceptors (Lipinski definition) is 5. The molecule has 0 saturated heterocycles. The highest BCUT2D eigenvalue weighted by Gasteiger charge is 2.14. The van der Waals surface area contributed by atoms with Gasteiger partial charge in [0, 0.05) is 18.7 Å². The van der Waals surface area contributed by atoms with Crippen molar-refractivity contribution in [1.29, 1.82) is 0 Å². The highest BCUT2D eigenvalue weighted by molar-refractivity contribution is 5.94. The van der Waals surface area contributed by atoms with Crippen LogP contribution in [0.3, 0.4) is 0 Å². The molecule has 0 saturated carbocycles. The molecule has 1 unspecified atom stereocenters. The molecule has 2 aromatic rings. The molecule has 0 aliphatic carbocycles. The van der Waals surface area contributed by atoms with Gasteiger partial charge in [-0.2, -0.15) is 0 Å². The van der Waals surface area contributed by atoms with Gasteiger partial charge < -0.3 is 25.2 Å². The Kier molecular flexibility index (Phi) is 6.84. The maximum Gasteiger partial charge on any atom is 0.260 e. The van der Waals surface area contributed by atoms with Crippen molar-refractivity contribution >= 4 is 11.8 Å². The third kappa shape index (κ3) is 5.70. The van der Waals surface area contributed by atoms with Gasteiger partial charge in [0.2, 0.25) is 0 Å². The summed E-state index contributed by atoms with van der Waals surface area (Å²) in [6.07, 6.45) is -0.700. The molecule has 2 aromatic carbocycles. The summed E-state index contributed by atoms with van der Waals surface area (Å²) in [5, 5.41) is 14.6. The van der Waals surface area contributed by atoms with Gasteiger partial charge in [0.15, 0.2) is 6.10 Å². The normalized spacial score (nSPS) is 11.3. The third-order valence-corrected chi connectivity index (χ3v) is 3.56. The van der Waals surface area contributed by atoms with Crippen LogP contribution in [0.25, 0.3) is 0 Å². The minimum Gasteiger partial charge on any atom is -0.508 e. The number of carbonyl (C=O) groups excluding carboxylic acids is 2. The number of nitrogens with one attached hydrogen (secondary N) is 2. The maximum absolute atomic E-state index is 12.0. The molecule has 2 amide bonds. The van der Waals surface area contributed by atoms with E-state index in [9.17, 15) is 14.7 Å². The number of rotatable bonds is 8. The molecule has 0 aromatic heterocycles. The van der Waals surface area contributed by atoms with E-state index in [1.54, 1.807) is 43.3 Å². The smallest absolute Gasteiger partial charge is 0.260 e. The molecule has 7 nitrogen and oxygen atoms in total. The average Bonchev–Trinajstić information content (AvgIpc) is 2.66. The second-order valence-corrected chi connectivity index (χ2v) is 5.53. The van der Waals surface area contributed by atoms with Crippen LogP contribution in [-0.4, -0.2) is 43.2 Å². The van der Waals surface area contributed by atoms with Gasteiger partial charge in [-0.25, -0.2) is 0 Å². The van der Waals surface area contributed by atoms with Crippen LogP contribution in [0.5, 0.6) is 17.2 Å². The zero-order valence-electron chi connectivity index (χ0n) is 14.7. The van der Waals surface area contributed by atoms with E-state index in [4.69, 9.17) is 9.47 Å². The van der Waals surface area contributed by atoms with Gasteiger partial charge >= 0.3 is 0 Å². The van der Waals surface area contributed by atoms with Gasteiger partial charge in [0.05, 0.1) is 7.11 Å². The number of phenols is 1. The first-order valence-electron chi connectivity index (χ1n) is 8.15. The van der Waals surface area contributed by atoms with Crippen LogP contribution < -0.4 is 20.1 Å². The summed E-state index contributed by atoms with van der Waals surface area (Å²) >= 11 is 0. The van der Waals surface area contributed by atoms with Gasteiger partial charge in [0.1, 0.15) is 17.2 Å². The molecular formula is C19H22N2O5. The molecule has 0 bridgehead atoms. The van der Waals surface area contributed by atoms with Gasteiger partial charge in [-0.3, -0.25) is 9.59 Å². The Bertz CT molecular complexity index is 746. The molecule has 1 atom stereocenters. The summed E-state index contributed by atoms with van der Waals surface area (Å²) in [6, 6.07) is 12.9. The molecule has 0 heterocycles. The number of carbonyl (C=O) groups is 2. The van der Waals surface area contributed by atoms with Crippen LogP contribution in [0, 0.1) is 0 Å². The van der Waals surface area contributed by atoms with Gasteiger partial charge in [0.25, 0.3) is 11.8 Å². The fourth-order valence-electron chi connectivity index (χ4n) is 2.15. The first-order valence-corrected chi connectivity index (χ1v) is 8.15. The van der Waals surface area contributed by atoms with Crippen molar-refractivity contribution < 1.29 is 24.2 Å². The standard InChI is InChI=1S/C19H22N2O5/c1-13(26-16-8-6-15(22)7-9-16)18(23)20-10-11-21-19(24)14-4-3-5-17(12-14)25-2/h3-9,12-13,22H,10-11H2,1-2H3,(H,20,23)(H,21,24). The second-order valence-electron chi connectivity index (χ2n) is 5.53. The molecule has 0 radical (unpaired) electrons. The number of hydrogen-bond donors (Lipinski definition) is 3. The first kappa shape index (κ1) is 19.1. The van der Waals surface area contributed by atoms with Crippen LogP contribution in [0.4, 0.5) is 0 Å². The van der Waals surface area contributed by atoms with Crippen molar-refractivity contribution in [2.75, 3.05) is 20.2 Å². The fraction of sp³-hybridized carbons (Fsp3) is 0.263. The largest absolute Gasteiger partial charge is 0.508 e. The molecule has 0 fully saturated rings. The third-order valence-electron chi connectivity index (χ3n) is 3.56. The number of phenolic OH excluding ortho intramolecular Hbond substituents is 1. The molecule has 7 heteroatoms. The lowest BCUT2D eigenvalue weighted by molar-refractivity contribution is -0.127. The lowest BCUT2D eigenvalue weighted by Gasteiger charge is -2.15. The summed E-state index contributed by atoms with van der Waals surface area (Å²) in [4.78, 5) is 24.0. The highest BCUT2D eigenvalue weighted by Crippen LogP contribution is 2.17. The van der Waals surface area contributed by atoms with E-state index in [0.717, 1.165) is 0 Å². The summed E-state index contributed by atoms with van der Waals surface area (Å²) in [5.74, 6) is 0.671. The van der Waals surface area contributed by atoms with E-state index in [1.807, 2.05) is 0 Å². The molecule has 3 N–H and O–H groups in total. The van der Waals surface area contributed by atoms with Crippen LogP contribution in [0.15, 0.2) is 48.5 Å². The highest BCUT2D eigenvalue weighted by atomic mass is 16.5. The summed E-state index contributed by atoms with van der Waals surface area (Å²) < 4.78 is 10.6. The van der Waals surface area contributed by atoms with E-state index in [0.29, 0.717) is 17.1 Å². The summed E-state index contributed by atoms with van der Waals surface area (Å²) in [7, 11) is 1.54. The van der Waals surface area contributed by atoms with E-state index in [1.165, 1.54) is 19.2 Å². The summed E-state index contributed by atoms with van der Waals surface area (Å²) in [6.45, 7) is 2.18. The van der Waals surface area contributed by atoms with Crippen LogP contribution >= 0.6 is 0 Å². The molecule has 0 spiro atoms. The minimum absolute atomic E-state index is 0.126. The molecular weight excluding hydrogens is 336 g/mol. The molecule has 26 heavy (non-hydrogen) atoms. The lowest BCUT2D eigenvalue weighted by Crippen LogP contribution is -2.40. The predicted molar refractivity (Wildman–Crippen MR) is 96.5 cm³/mol. The zero-order valence-corrected chi connectivity index (χ0v) is 14.7. The number of ether oxygens (including phenoxy) is 2. The lowest BCUT2D eigenvalue weighted by atomic mass is 10.2. The molecule has 138 valence electrons. The number of aromatic hydroxyl groups is 1. The summed E-state index contributed by atoms with van der Waals surface area (Å²) in [5.41, 5.74) is 0.486. The average molecular weight is 358 g/mol. The Morgan fingerprint density at radius 1 is 1.04 bits per heavy atom. The van der Waals surface area contributed by atoms with Crippen LogP contribution in [-0.2, 0) is 4.79 Å². The Hall–Kier alpha value is -3.22. The fourth-order valence-corrected chi connectivity index (χ4v) is 2.15. The van der Waals surface area contributed by atoms with Crippen molar-refractivity contribution in [3.05, 3.63) is 54.1 Å². The van der Waals surface area contributed by atoms with Crippen molar-refractivity contribution in [3.63, 3.8) is 0 Å². The predicted octanol–water partition coefficient (Wildman–Crippen LogP) is 1.71. The van der Waals surface area contributed by atoms with E-state index in [2.05, 4.69) is 10.6 Å². The van der Waals surface area contributed by atoms with Gasteiger partial charge in [-0.15, -0.1) is 0 Å². The molecule has 0 aliphatic rings. The number of methoxy groups -OCH3 is 1.